The van der Waals surface area contributed by atoms with E-state index in [4.69, 9.17) is 4.74 Å². The van der Waals surface area contributed by atoms with Crippen molar-refractivity contribution in [2.24, 2.45) is 0 Å². The summed E-state index contributed by atoms with van der Waals surface area (Å²) in [6.45, 7) is 0. The van der Waals surface area contributed by atoms with Gasteiger partial charge in [-0.3, -0.25) is 0 Å². The quantitative estimate of drug-likeness (QED) is 0.766. The molecule has 0 spiro atoms. The van der Waals surface area contributed by atoms with Crippen LogP contribution in [-0.2, 0) is 4.74 Å². The van der Waals surface area contributed by atoms with Crippen molar-refractivity contribution >= 4 is 11.3 Å². The Bertz CT molecular complexity index is 371. The van der Waals surface area contributed by atoms with Crippen LogP contribution >= 0.6 is 11.3 Å². The maximum Gasteiger partial charge on any atom is 0.152 e. The summed E-state index contributed by atoms with van der Waals surface area (Å²) in [4.78, 5) is 4.13. The van der Waals surface area contributed by atoms with Gasteiger partial charge in [-0.1, -0.05) is 30.3 Å². The van der Waals surface area contributed by atoms with E-state index in [-0.39, 0.29) is 6.10 Å². The lowest BCUT2D eigenvalue weighted by Gasteiger charge is -2.12. The summed E-state index contributed by atoms with van der Waals surface area (Å²) in [6, 6.07) is 10.1. The fourth-order valence-corrected chi connectivity index (χ4v) is 1.88. The normalized spacial score (nSPS) is 12.6. The van der Waals surface area contributed by atoms with Gasteiger partial charge in [0.15, 0.2) is 5.51 Å². The molecule has 1 aromatic heterocycles. The van der Waals surface area contributed by atoms with Gasteiger partial charge in [-0.25, -0.2) is 4.98 Å². The van der Waals surface area contributed by atoms with Gasteiger partial charge >= 0.3 is 0 Å². The second-order valence-electron chi connectivity index (χ2n) is 2.89. The number of hydrogen-bond acceptors (Lipinski definition) is 3. The highest BCUT2D eigenvalue weighted by molar-refractivity contribution is 7.07. The minimum absolute atomic E-state index is 0.0706. The first-order valence-electron chi connectivity index (χ1n) is 4.31. The Balaban J connectivity index is 2.31. The van der Waals surface area contributed by atoms with Gasteiger partial charge in [-0.15, -0.1) is 11.3 Å². The van der Waals surface area contributed by atoms with Crippen molar-refractivity contribution in [3.8, 4) is 0 Å². The molecular formula is C11H10NOS. The van der Waals surface area contributed by atoms with E-state index >= 15 is 0 Å². The third kappa shape index (κ3) is 1.84. The average Bonchev–Trinajstić information content (AvgIpc) is 2.74. The van der Waals surface area contributed by atoms with Crippen LogP contribution in [0.4, 0.5) is 0 Å². The molecule has 0 saturated carbocycles. The Morgan fingerprint density at radius 2 is 2.14 bits per heavy atom. The van der Waals surface area contributed by atoms with E-state index in [0.29, 0.717) is 0 Å². The van der Waals surface area contributed by atoms with Crippen LogP contribution in [0, 0.1) is 5.51 Å². The second-order valence-corrected chi connectivity index (χ2v) is 3.54. The zero-order valence-electron chi connectivity index (χ0n) is 7.81. The number of hydrogen-bond donors (Lipinski definition) is 0. The van der Waals surface area contributed by atoms with Crippen LogP contribution in [0.5, 0.6) is 0 Å². The molecule has 0 amide bonds. The maximum absolute atomic E-state index is 5.40. The van der Waals surface area contributed by atoms with E-state index < -0.39 is 0 Å². The standard InChI is InChI=1S/C11H10NOS/c1-13-11(10-7-14-8-12-10)9-5-3-2-4-6-9/h2-7,11H,1H3. The molecule has 0 fully saturated rings. The zero-order valence-corrected chi connectivity index (χ0v) is 8.62. The van der Waals surface area contributed by atoms with Crippen LogP contribution in [0.1, 0.15) is 17.4 Å². The summed E-state index contributed by atoms with van der Waals surface area (Å²) in [5, 5.41) is 1.96. The Morgan fingerprint density at radius 3 is 2.71 bits per heavy atom. The van der Waals surface area contributed by atoms with Gasteiger partial charge in [0, 0.05) is 12.5 Å². The Morgan fingerprint density at radius 1 is 1.36 bits per heavy atom. The van der Waals surface area contributed by atoms with Gasteiger partial charge in [0.25, 0.3) is 0 Å². The van der Waals surface area contributed by atoms with Crippen molar-refractivity contribution in [1.29, 1.82) is 0 Å². The molecule has 1 heterocycles. The molecular weight excluding hydrogens is 194 g/mol. The molecule has 1 aromatic carbocycles. The second kappa shape index (κ2) is 4.35. The fourth-order valence-electron chi connectivity index (χ4n) is 1.37. The van der Waals surface area contributed by atoms with Crippen LogP contribution in [0.15, 0.2) is 35.7 Å². The van der Waals surface area contributed by atoms with E-state index in [1.54, 1.807) is 7.11 Å². The predicted molar refractivity (Wildman–Crippen MR) is 56.2 cm³/mol. The van der Waals surface area contributed by atoms with E-state index in [0.717, 1.165) is 11.3 Å². The van der Waals surface area contributed by atoms with Crippen molar-refractivity contribution in [3.63, 3.8) is 0 Å². The Labute approximate surface area is 87.2 Å². The molecule has 0 aliphatic rings. The highest BCUT2D eigenvalue weighted by Gasteiger charge is 2.14. The first-order chi connectivity index (χ1) is 6.92. The predicted octanol–water partition coefficient (Wildman–Crippen LogP) is 2.68. The highest BCUT2D eigenvalue weighted by atomic mass is 32.1. The fraction of sp³-hybridized carbons (Fsp3) is 0.182. The van der Waals surface area contributed by atoms with Gasteiger partial charge in [0.2, 0.25) is 0 Å². The molecule has 14 heavy (non-hydrogen) atoms. The van der Waals surface area contributed by atoms with E-state index in [1.165, 1.54) is 11.3 Å². The number of methoxy groups -OCH3 is 1. The van der Waals surface area contributed by atoms with E-state index in [9.17, 15) is 0 Å². The van der Waals surface area contributed by atoms with Crippen LogP contribution in [0.3, 0.4) is 0 Å². The lowest BCUT2D eigenvalue weighted by atomic mass is 10.1. The van der Waals surface area contributed by atoms with Crippen molar-refractivity contribution in [3.05, 3.63) is 52.5 Å². The maximum atomic E-state index is 5.40. The number of benzene rings is 1. The van der Waals surface area contributed by atoms with Gasteiger partial charge in [-0.05, 0) is 5.56 Å². The molecule has 0 N–H and O–H groups in total. The van der Waals surface area contributed by atoms with Gasteiger partial charge < -0.3 is 4.74 Å². The summed E-state index contributed by atoms with van der Waals surface area (Å²) in [5.41, 5.74) is 4.87. The monoisotopic (exact) mass is 204 g/mol. The molecule has 1 radical (unpaired) electrons. The van der Waals surface area contributed by atoms with Crippen LogP contribution in [0.25, 0.3) is 0 Å². The molecule has 0 aliphatic heterocycles. The number of nitrogens with zero attached hydrogens (tertiary/aromatic N) is 1. The smallest absolute Gasteiger partial charge is 0.152 e. The summed E-state index contributed by atoms with van der Waals surface area (Å²) in [6.07, 6.45) is -0.0706. The Hall–Kier alpha value is -1.19. The number of ether oxygens (including phenoxy) is 1. The zero-order chi connectivity index (χ0) is 9.80. The molecule has 1 atom stereocenters. The first-order valence-corrected chi connectivity index (χ1v) is 5.19. The molecule has 2 rings (SSSR count). The van der Waals surface area contributed by atoms with Crippen LogP contribution in [0.2, 0.25) is 0 Å². The van der Waals surface area contributed by atoms with Crippen molar-refractivity contribution in [2.75, 3.05) is 7.11 Å². The third-order valence-electron chi connectivity index (χ3n) is 2.01. The lowest BCUT2D eigenvalue weighted by molar-refractivity contribution is 0.133. The SMILES string of the molecule is COC(c1ccccc1)c1cs[c]n1. The van der Waals surface area contributed by atoms with Gasteiger partial charge in [-0.2, -0.15) is 0 Å². The van der Waals surface area contributed by atoms with E-state index in [1.807, 2.05) is 35.7 Å². The number of rotatable bonds is 3. The average molecular weight is 204 g/mol. The Kier molecular flexibility index (Phi) is 2.91. The molecule has 0 saturated heterocycles. The molecule has 2 nitrogen and oxygen atoms in total. The number of aromatic nitrogens is 1. The first kappa shape index (κ1) is 9.37. The largest absolute Gasteiger partial charge is 0.370 e. The van der Waals surface area contributed by atoms with E-state index in [2.05, 4.69) is 10.5 Å². The van der Waals surface area contributed by atoms with Crippen LogP contribution < -0.4 is 0 Å². The molecule has 3 heteroatoms. The summed E-state index contributed by atoms with van der Waals surface area (Å²) in [7, 11) is 1.69. The van der Waals surface area contributed by atoms with Crippen molar-refractivity contribution < 1.29 is 4.74 Å². The summed E-state index contributed by atoms with van der Waals surface area (Å²) in [5.74, 6) is 0. The van der Waals surface area contributed by atoms with Crippen molar-refractivity contribution in [1.82, 2.24) is 4.98 Å². The minimum atomic E-state index is -0.0706. The van der Waals surface area contributed by atoms with Gasteiger partial charge in [0.1, 0.15) is 6.10 Å². The minimum Gasteiger partial charge on any atom is -0.370 e. The molecule has 71 valence electrons. The molecule has 1 unspecified atom stereocenters. The van der Waals surface area contributed by atoms with Crippen molar-refractivity contribution in [2.45, 2.75) is 6.10 Å². The van der Waals surface area contributed by atoms with Crippen LogP contribution in [-0.4, -0.2) is 12.1 Å². The molecule has 0 bridgehead atoms. The third-order valence-corrected chi connectivity index (χ3v) is 2.57. The summed E-state index contributed by atoms with van der Waals surface area (Å²) >= 11 is 1.46. The summed E-state index contributed by atoms with van der Waals surface area (Å²) < 4.78 is 5.40. The molecule has 0 aliphatic carbocycles. The number of thiazole rings is 1. The topological polar surface area (TPSA) is 22.1 Å². The lowest BCUT2D eigenvalue weighted by Crippen LogP contribution is -2.03. The van der Waals surface area contributed by atoms with Gasteiger partial charge in [0.05, 0.1) is 5.69 Å². The molecule has 2 aromatic rings. The highest BCUT2D eigenvalue weighted by Crippen LogP contribution is 2.24.